The maximum atomic E-state index is 13.2. The summed E-state index contributed by atoms with van der Waals surface area (Å²) in [6.45, 7) is 6.93. The van der Waals surface area contributed by atoms with E-state index in [1.165, 1.54) is 0 Å². The Balaban J connectivity index is 1.42. The average Bonchev–Trinajstić information content (AvgIpc) is 3.38. The van der Waals surface area contributed by atoms with E-state index in [2.05, 4.69) is 20.5 Å². The number of carbonyl (C=O) groups is 1. The van der Waals surface area contributed by atoms with Crippen LogP contribution in [0.25, 0.3) is 16.9 Å². The minimum atomic E-state index is -0.390. The fourth-order valence-corrected chi connectivity index (χ4v) is 4.27. The van der Waals surface area contributed by atoms with Crippen molar-refractivity contribution in [1.29, 1.82) is 0 Å². The number of aryl methyl sites for hydroxylation is 1. The zero-order valence-corrected chi connectivity index (χ0v) is 19.1. The van der Waals surface area contributed by atoms with Crippen LogP contribution in [-0.4, -0.2) is 47.1 Å². The van der Waals surface area contributed by atoms with Crippen molar-refractivity contribution in [2.75, 3.05) is 42.3 Å². The number of ether oxygens (including phenoxy) is 1. The number of nitrogens with two attached hydrogens (primary N) is 1. The standard InChI is InChI=1S/C25H26N6O3/c1-16-21(17(2)31(28-16)20-6-4-3-5-7-20)23-22(24(26)34-29-23)25(32)27-18-8-10-19(11-9-18)30-12-14-33-15-13-30/h3-11H,12-15,26H2,1-2H3,(H,27,32). The van der Waals surface area contributed by atoms with E-state index in [0.29, 0.717) is 24.6 Å². The van der Waals surface area contributed by atoms with Gasteiger partial charge in [-0.2, -0.15) is 5.10 Å². The fraction of sp³-hybridized carbons (Fsp3) is 0.240. The van der Waals surface area contributed by atoms with Gasteiger partial charge in [-0.3, -0.25) is 4.79 Å². The zero-order valence-electron chi connectivity index (χ0n) is 19.1. The molecule has 2 aromatic carbocycles. The van der Waals surface area contributed by atoms with Crippen LogP contribution in [0, 0.1) is 13.8 Å². The molecule has 0 radical (unpaired) electrons. The van der Waals surface area contributed by atoms with Crippen molar-refractivity contribution in [1.82, 2.24) is 14.9 Å². The predicted octanol–water partition coefficient (Wildman–Crippen LogP) is 3.82. The van der Waals surface area contributed by atoms with Gasteiger partial charge in [0.05, 0.1) is 30.3 Å². The van der Waals surface area contributed by atoms with Crippen molar-refractivity contribution in [2.24, 2.45) is 0 Å². The molecule has 0 atom stereocenters. The molecule has 2 aromatic heterocycles. The Morgan fingerprint density at radius 3 is 2.41 bits per heavy atom. The van der Waals surface area contributed by atoms with E-state index in [1.807, 2.05) is 73.1 Å². The van der Waals surface area contributed by atoms with E-state index in [0.717, 1.165) is 41.4 Å². The largest absolute Gasteiger partial charge is 0.378 e. The van der Waals surface area contributed by atoms with Crippen molar-refractivity contribution < 1.29 is 14.1 Å². The van der Waals surface area contributed by atoms with E-state index >= 15 is 0 Å². The number of benzene rings is 2. The number of amides is 1. The van der Waals surface area contributed by atoms with Crippen LogP contribution in [0.2, 0.25) is 0 Å². The molecule has 0 bridgehead atoms. The lowest BCUT2D eigenvalue weighted by Crippen LogP contribution is -2.36. The van der Waals surface area contributed by atoms with Crippen molar-refractivity contribution in [2.45, 2.75) is 13.8 Å². The second kappa shape index (κ2) is 9.03. The lowest BCUT2D eigenvalue weighted by atomic mass is 10.0. The predicted molar refractivity (Wildman–Crippen MR) is 130 cm³/mol. The highest BCUT2D eigenvalue weighted by Crippen LogP contribution is 2.33. The molecule has 1 saturated heterocycles. The smallest absolute Gasteiger partial charge is 0.263 e. The number of morpholine rings is 1. The molecule has 4 aromatic rings. The molecule has 1 aliphatic heterocycles. The summed E-state index contributed by atoms with van der Waals surface area (Å²) in [5.41, 5.74) is 11.5. The lowest BCUT2D eigenvalue weighted by molar-refractivity contribution is 0.102. The van der Waals surface area contributed by atoms with Crippen molar-refractivity contribution in [3.05, 3.63) is 71.5 Å². The third kappa shape index (κ3) is 4.01. The SMILES string of the molecule is Cc1nn(-c2ccccc2)c(C)c1-c1noc(N)c1C(=O)Nc1ccc(N2CCOCC2)cc1. The molecule has 9 heteroatoms. The first-order valence-electron chi connectivity index (χ1n) is 11.1. The molecule has 174 valence electrons. The van der Waals surface area contributed by atoms with Crippen molar-refractivity contribution in [3.63, 3.8) is 0 Å². The highest BCUT2D eigenvalue weighted by Gasteiger charge is 2.27. The van der Waals surface area contributed by atoms with E-state index in [4.69, 9.17) is 15.0 Å². The first-order chi connectivity index (χ1) is 16.5. The van der Waals surface area contributed by atoms with Gasteiger partial charge >= 0.3 is 0 Å². The minimum Gasteiger partial charge on any atom is -0.378 e. The van der Waals surface area contributed by atoms with Gasteiger partial charge < -0.3 is 25.2 Å². The number of nitrogens with one attached hydrogen (secondary N) is 1. The van der Waals surface area contributed by atoms with Gasteiger partial charge in [0.2, 0.25) is 5.88 Å². The molecular weight excluding hydrogens is 432 g/mol. The molecule has 3 N–H and O–H groups in total. The third-order valence-corrected chi connectivity index (χ3v) is 5.98. The highest BCUT2D eigenvalue weighted by atomic mass is 16.5. The Bertz CT molecular complexity index is 1300. The molecule has 0 aliphatic carbocycles. The highest BCUT2D eigenvalue weighted by molar-refractivity contribution is 6.11. The normalized spacial score (nSPS) is 13.8. The van der Waals surface area contributed by atoms with Crippen molar-refractivity contribution in [3.8, 4) is 16.9 Å². The van der Waals surface area contributed by atoms with E-state index < -0.39 is 0 Å². The van der Waals surface area contributed by atoms with Gasteiger partial charge in [0.25, 0.3) is 5.91 Å². The molecule has 34 heavy (non-hydrogen) atoms. The summed E-state index contributed by atoms with van der Waals surface area (Å²) in [6.07, 6.45) is 0. The summed E-state index contributed by atoms with van der Waals surface area (Å²) in [5.74, 6) is -0.428. The number of hydrogen-bond donors (Lipinski definition) is 2. The summed E-state index contributed by atoms with van der Waals surface area (Å²) >= 11 is 0. The van der Waals surface area contributed by atoms with Gasteiger partial charge in [-0.05, 0) is 50.2 Å². The number of rotatable bonds is 5. The number of nitrogen functional groups attached to an aromatic ring is 1. The topological polar surface area (TPSA) is 111 Å². The molecule has 3 heterocycles. The first-order valence-corrected chi connectivity index (χ1v) is 11.1. The molecule has 1 amide bonds. The Labute approximate surface area is 197 Å². The number of carbonyl (C=O) groups excluding carboxylic acids is 1. The number of nitrogens with zero attached hydrogens (tertiary/aromatic N) is 4. The second-order valence-electron chi connectivity index (χ2n) is 8.16. The Morgan fingerprint density at radius 1 is 1.00 bits per heavy atom. The lowest BCUT2D eigenvalue weighted by Gasteiger charge is -2.28. The number of anilines is 3. The molecule has 0 spiro atoms. The average molecular weight is 459 g/mol. The zero-order chi connectivity index (χ0) is 23.7. The second-order valence-corrected chi connectivity index (χ2v) is 8.16. The molecule has 5 rings (SSSR count). The molecular formula is C25H26N6O3. The Morgan fingerprint density at radius 2 is 1.71 bits per heavy atom. The van der Waals surface area contributed by atoms with Gasteiger partial charge in [0.1, 0.15) is 11.3 Å². The Hall–Kier alpha value is -4.11. The summed E-state index contributed by atoms with van der Waals surface area (Å²) in [4.78, 5) is 15.5. The third-order valence-electron chi connectivity index (χ3n) is 5.98. The van der Waals surface area contributed by atoms with Crippen LogP contribution >= 0.6 is 0 Å². The van der Waals surface area contributed by atoms with Gasteiger partial charge in [-0.1, -0.05) is 23.4 Å². The maximum Gasteiger partial charge on any atom is 0.263 e. The molecule has 9 nitrogen and oxygen atoms in total. The minimum absolute atomic E-state index is 0.0382. The quantitative estimate of drug-likeness (QED) is 0.468. The number of aromatic nitrogens is 3. The van der Waals surface area contributed by atoms with Gasteiger partial charge in [0.15, 0.2) is 0 Å². The molecule has 0 unspecified atom stereocenters. The van der Waals surface area contributed by atoms with Crippen LogP contribution < -0.4 is 16.0 Å². The fourth-order valence-electron chi connectivity index (χ4n) is 4.27. The van der Waals surface area contributed by atoms with E-state index in [1.54, 1.807) is 0 Å². The first kappa shape index (κ1) is 21.7. The summed E-state index contributed by atoms with van der Waals surface area (Å²) < 4.78 is 12.5. The van der Waals surface area contributed by atoms with E-state index in [-0.39, 0.29) is 17.4 Å². The summed E-state index contributed by atoms with van der Waals surface area (Å²) in [7, 11) is 0. The Kier molecular flexibility index (Phi) is 5.77. The van der Waals surface area contributed by atoms with Crippen LogP contribution in [0.3, 0.4) is 0 Å². The molecule has 1 fully saturated rings. The molecule has 1 aliphatic rings. The monoisotopic (exact) mass is 458 g/mol. The van der Waals surface area contributed by atoms with Gasteiger partial charge in [0, 0.05) is 30.0 Å². The van der Waals surface area contributed by atoms with Gasteiger partial charge in [-0.15, -0.1) is 0 Å². The van der Waals surface area contributed by atoms with Crippen LogP contribution in [0.15, 0.2) is 59.1 Å². The van der Waals surface area contributed by atoms with Crippen LogP contribution in [0.4, 0.5) is 17.3 Å². The van der Waals surface area contributed by atoms with Crippen LogP contribution in [0.1, 0.15) is 21.7 Å². The number of hydrogen-bond acceptors (Lipinski definition) is 7. The maximum absolute atomic E-state index is 13.2. The van der Waals surface area contributed by atoms with Crippen LogP contribution in [-0.2, 0) is 4.74 Å². The van der Waals surface area contributed by atoms with Gasteiger partial charge in [-0.25, -0.2) is 4.68 Å². The van der Waals surface area contributed by atoms with Crippen molar-refractivity contribution >= 4 is 23.2 Å². The molecule has 0 saturated carbocycles. The number of para-hydroxylation sites is 1. The summed E-state index contributed by atoms with van der Waals surface area (Å²) in [5, 5.41) is 11.7. The van der Waals surface area contributed by atoms with Crippen LogP contribution in [0.5, 0.6) is 0 Å². The summed E-state index contributed by atoms with van der Waals surface area (Å²) in [6, 6.07) is 17.5. The van der Waals surface area contributed by atoms with E-state index in [9.17, 15) is 4.79 Å².